The summed E-state index contributed by atoms with van der Waals surface area (Å²) >= 11 is 0. The molecule has 8 heteroatoms. The van der Waals surface area contributed by atoms with Crippen LogP contribution < -0.4 is 10.1 Å². The van der Waals surface area contributed by atoms with Crippen molar-refractivity contribution in [3.05, 3.63) is 90.0 Å². The zero-order valence-electron chi connectivity index (χ0n) is 16.1. The molecule has 0 unspecified atom stereocenters. The highest BCUT2D eigenvalue weighted by Crippen LogP contribution is 2.22. The van der Waals surface area contributed by atoms with Gasteiger partial charge in [-0.3, -0.25) is 9.78 Å². The molecule has 4 rings (SSSR count). The number of para-hydroxylation sites is 1. The third-order valence-electron chi connectivity index (χ3n) is 4.42. The van der Waals surface area contributed by atoms with Gasteiger partial charge in [-0.05, 0) is 42.0 Å². The fourth-order valence-electron chi connectivity index (χ4n) is 2.90. The molecule has 7 nitrogen and oxygen atoms in total. The van der Waals surface area contributed by atoms with Crippen LogP contribution in [0.3, 0.4) is 0 Å². The van der Waals surface area contributed by atoms with Crippen LogP contribution in [0.5, 0.6) is 5.75 Å². The van der Waals surface area contributed by atoms with Crippen molar-refractivity contribution in [3.63, 3.8) is 0 Å². The molecule has 30 heavy (non-hydrogen) atoms. The SMILES string of the molecule is COc1ccccc1C(=O)n1nc(-c2cccnc2)nc1NCc1ccc(F)cc1. The van der Waals surface area contributed by atoms with E-state index in [0.29, 0.717) is 29.2 Å². The Hall–Kier alpha value is -4.07. The lowest BCUT2D eigenvalue weighted by atomic mass is 10.2. The Kier molecular flexibility index (Phi) is 5.47. The van der Waals surface area contributed by atoms with Crippen molar-refractivity contribution in [3.8, 4) is 17.1 Å². The van der Waals surface area contributed by atoms with Crippen LogP contribution in [0.15, 0.2) is 73.1 Å². The summed E-state index contributed by atoms with van der Waals surface area (Å²) in [7, 11) is 1.50. The Labute approximate surface area is 172 Å². The Morgan fingerprint density at radius 1 is 1.10 bits per heavy atom. The van der Waals surface area contributed by atoms with Crippen molar-refractivity contribution in [1.29, 1.82) is 0 Å². The minimum Gasteiger partial charge on any atom is -0.496 e. The third kappa shape index (κ3) is 4.02. The van der Waals surface area contributed by atoms with E-state index in [0.717, 1.165) is 5.56 Å². The molecule has 150 valence electrons. The van der Waals surface area contributed by atoms with Gasteiger partial charge in [0.15, 0.2) is 5.82 Å². The third-order valence-corrected chi connectivity index (χ3v) is 4.42. The van der Waals surface area contributed by atoms with Gasteiger partial charge in [-0.25, -0.2) is 4.39 Å². The number of ether oxygens (including phenoxy) is 1. The average Bonchev–Trinajstić information content (AvgIpc) is 3.23. The summed E-state index contributed by atoms with van der Waals surface area (Å²) in [6.07, 6.45) is 3.27. The van der Waals surface area contributed by atoms with Crippen LogP contribution in [-0.2, 0) is 6.54 Å². The van der Waals surface area contributed by atoms with Crippen molar-refractivity contribution < 1.29 is 13.9 Å². The van der Waals surface area contributed by atoms with Gasteiger partial charge in [-0.15, -0.1) is 5.10 Å². The molecular weight excluding hydrogens is 385 g/mol. The van der Waals surface area contributed by atoms with Gasteiger partial charge in [-0.1, -0.05) is 24.3 Å². The monoisotopic (exact) mass is 403 g/mol. The Bertz CT molecular complexity index is 1160. The molecular formula is C22H18FN5O2. The van der Waals surface area contributed by atoms with Gasteiger partial charge in [-0.2, -0.15) is 9.67 Å². The van der Waals surface area contributed by atoms with Crippen LogP contribution in [0.2, 0.25) is 0 Å². The van der Waals surface area contributed by atoms with Gasteiger partial charge in [0.1, 0.15) is 11.6 Å². The number of hydrogen-bond acceptors (Lipinski definition) is 6. The molecule has 0 bridgehead atoms. The number of carbonyl (C=O) groups excluding carboxylic acids is 1. The van der Waals surface area contributed by atoms with Crippen molar-refractivity contribution in [2.75, 3.05) is 12.4 Å². The van der Waals surface area contributed by atoms with Gasteiger partial charge in [0, 0.05) is 24.5 Å². The second kappa shape index (κ2) is 8.52. The number of benzene rings is 2. The predicted molar refractivity (Wildman–Crippen MR) is 110 cm³/mol. The quantitative estimate of drug-likeness (QED) is 0.528. The number of anilines is 1. The number of pyridine rings is 1. The van der Waals surface area contributed by atoms with Gasteiger partial charge in [0.25, 0.3) is 5.91 Å². The first kappa shape index (κ1) is 19.3. The second-order valence-corrected chi connectivity index (χ2v) is 6.40. The van der Waals surface area contributed by atoms with E-state index >= 15 is 0 Å². The maximum Gasteiger partial charge on any atom is 0.285 e. The first-order valence-electron chi connectivity index (χ1n) is 9.19. The van der Waals surface area contributed by atoms with E-state index in [9.17, 15) is 9.18 Å². The summed E-state index contributed by atoms with van der Waals surface area (Å²) in [5.41, 5.74) is 1.86. The molecule has 2 aromatic heterocycles. The number of hydrogen-bond donors (Lipinski definition) is 1. The zero-order chi connectivity index (χ0) is 20.9. The standard InChI is InChI=1S/C22H18FN5O2/c1-30-19-7-3-2-6-18(19)21(29)28-22(25-13-15-8-10-17(23)11-9-15)26-20(27-28)16-5-4-12-24-14-16/h2-12,14H,13H2,1H3,(H,25,26,27). The average molecular weight is 403 g/mol. The molecule has 0 saturated carbocycles. The molecule has 0 atom stereocenters. The van der Waals surface area contributed by atoms with Gasteiger partial charge >= 0.3 is 0 Å². The van der Waals surface area contributed by atoms with Crippen molar-refractivity contribution in [1.82, 2.24) is 19.7 Å². The smallest absolute Gasteiger partial charge is 0.285 e. The van der Waals surface area contributed by atoms with Crippen LogP contribution >= 0.6 is 0 Å². The lowest BCUT2D eigenvalue weighted by Crippen LogP contribution is -2.18. The van der Waals surface area contributed by atoms with Crippen molar-refractivity contribution >= 4 is 11.9 Å². The summed E-state index contributed by atoms with van der Waals surface area (Å²) in [5, 5.41) is 7.51. The molecule has 0 aliphatic rings. The van der Waals surface area contributed by atoms with E-state index in [2.05, 4.69) is 20.4 Å². The first-order chi connectivity index (χ1) is 14.7. The van der Waals surface area contributed by atoms with E-state index in [1.165, 1.54) is 23.9 Å². The lowest BCUT2D eigenvalue weighted by Gasteiger charge is -2.10. The largest absolute Gasteiger partial charge is 0.496 e. The maximum absolute atomic E-state index is 13.2. The van der Waals surface area contributed by atoms with Crippen LogP contribution in [0.1, 0.15) is 15.9 Å². The van der Waals surface area contributed by atoms with Crippen molar-refractivity contribution in [2.45, 2.75) is 6.54 Å². The normalized spacial score (nSPS) is 10.6. The summed E-state index contributed by atoms with van der Waals surface area (Å²) in [5.74, 6) is 0.344. The number of rotatable bonds is 6. The van der Waals surface area contributed by atoms with E-state index in [1.54, 1.807) is 54.9 Å². The van der Waals surface area contributed by atoms with E-state index in [1.807, 2.05) is 6.07 Å². The minimum atomic E-state index is -0.392. The Morgan fingerprint density at radius 3 is 2.63 bits per heavy atom. The summed E-state index contributed by atoms with van der Waals surface area (Å²) < 4.78 is 19.7. The van der Waals surface area contributed by atoms with Crippen LogP contribution in [0.4, 0.5) is 10.3 Å². The van der Waals surface area contributed by atoms with Gasteiger partial charge in [0.2, 0.25) is 5.95 Å². The number of nitrogens with one attached hydrogen (secondary N) is 1. The van der Waals surface area contributed by atoms with Gasteiger partial charge < -0.3 is 10.1 Å². The summed E-state index contributed by atoms with van der Waals surface area (Å²) in [6.45, 7) is 0.338. The molecule has 0 radical (unpaired) electrons. The maximum atomic E-state index is 13.2. The summed E-state index contributed by atoms with van der Waals surface area (Å²) in [4.78, 5) is 21.8. The highest BCUT2D eigenvalue weighted by Gasteiger charge is 2.21. The second-order valence-electron chi connectivity index (χ2n) is 6.40. The number of carbonyl (C=O) groups is 1. The van der Waals surface area contributed by atoms with E-state index in [4.69, 9.17) is 4.74 Å². The van der Waals surface area contributed by atoms with E-state index < -0.39 is 5.91 Å². The zero-order valence-corrected chi connectivity index (χ0v) is 16.1. The number of halogens is 1. The minimum absolute atomic E-state index is 0.258. The number of aromatic nitrogens is 4. The predicted octanol–water partition coefficient (Wildman–Crippen LogP) is 3.79. The highest BCUT2D eigenvalue weighted by molar-refractivity contribution is 5.99. The summed E-state index contributed by atoms with van der Waals surface area (Å²) in [6, 6.07) is 16.6. The number of nitrogens with zero attached hydrogens (tertiary/aromatic N) is 4. The molecule has 0 aliphatic heterocycles. The lowest BCUT2D eigenvalue weighted by molar-refractivity contribution is 0.0944. The molecule has 1 N–H and O–H groups in total. The molecule has 0 fully saturated rings. The molecule has 0 aliphatic carbocycles. The molecule has 2 heterocycles. The Balaban J connectivity index is 1.70. The van der Waals surface area contributed by atoms with Gasteiger partial charge in [0.05, 0.1) is 12.7 Å². The molecule has 0 spiro atoms. The molecule has 4 aromatic rings. The number of methoxy groups -OCH3 is 1. The highest BCUT2D eigenvalue weighted by atomic mass is 19.1. The van der Waals surface area contributed by atoms with Crippen LogP contribution in [0, 0.1) is 5.82 Å². The molecule has 0 amide bonds. The fourth-order valence-corrected chi connectivity index (χ4v) is 2.90. The van der Waals surface area contributed by atoms with Crippen LogP contribution in [-0.4, -0.2) is 32.8 Å². The fraction of sp³-hybridized carbons (Fsp3) is 0.0909. The molecule has 0 saturated heterocycles. The molecule has 2 aromatic carbocycles. The van der Waals surface area contributed by atoms with Crippen LogP contribution in [0.25, 0.3) is 11.4 Å². The van der Waals surface area contributed by atoms with Crippen molar-refractivity contribution in [2.24, 2.45) is 0 Å². The topological polar surface area (TPSA) is 81.9 Å². The Morgan fingerprint density at radius 2 is 1.90 bits per heavy atom. The first-order valence-corrected chi connectivity index (χ1v) is 9.19. The van der Waals surface area contributed by atoms with E-state index in [-0.39, 0.29) is 11.8 Å².